The third-order valence-electron chi connectivity index (χ3n) is 2.95. The summed E-state index contributed by atoms with van der Waals surface area (Å²) in [6.07, 6.45) is 2.09. The first kappa shape index (κ1) is 12.6. The van der Waals surface area contributed by atoms with Crippen molar-refractivity contribution in [2.24, 2.45) is 0 Å². The first-order valence-electron chi connectivity index (χ1n) is 6.12. The number of carbonyl (C=O) groups is 1. The van der Waals surface area contributed by atoms with Crippen molar-refractivity contribution in [2.75, 3.05) is 6.61 Å². The molecule has 0 radical (unpaired) electrons. The van der Waals surface area contributed by atoms with E-state index in [1.807, 2.05) is 32.9 Å². The summed E-state index contributed by atoms with van der Waals surface area (Å²) in [5.41, 5.74) is 3.13. The molecule has 0 atom stereocenters. The van der Waals surface area contributed by atoms with Crippen LogP contribution < -0.4 is 0 Å². The number of carbonyl (C=O) groups excluding carboxylic acids is 1. The van der Waals surface area contributed by atoms with Crippen LogP contribution in [0.5, 0.6) is 0 Å². The summed E-state index contributed by atoms with van der Waals surface area (Å²) in [6.45, 7) is 6.25. The van der Waals surface area contributed by atoms with Crippen molar-refractivity contribution in [3.8, 4) is 0 Å². The summed E-state index contributed by atoms with van der Waals surface area (Å²) >= 11 is 0. The molecule has 2 rings (SSSR count). The van der Waals surface area contributed by atoms with Gasteiger partial charge in [0.2, 0.25) is 0 Å². The Hall–Kier alpha value is -1.90. The van der Waals surface area contributed by atoms with Gasteiger partial charge in [0.25, 0.3) is 0 Å². The SMILES string of the molecule is CCOC(=O)Cc1cc(C)cc2c(C)nccc12. The van der Waals surface area contributed by atoms with Crippen LogP contribution in [0.4, 0.5) is 0 Å². The number of pyridine rings is 1. The number of hydrogen-bond donors (Lipinski definition) is 0. The van der Waals surface area contributed by atoms with Gasteiger partial charge in [-0.2, -0.15) is 0 Å². The summed E-state index contributed by atoms with van der Waals surface area (Å²) < 4.78 is 5.01. The van der Waals surface area contributed by atoms with Gasteiger partial charge in [0.1, 0.15) is 0 Å². The van der Waals surface area contributed by atoms with Crippen molar-refractivity contribution >= 4 is 16.7 Å². The lowest BCUT2D eigenvalue weighted by Crippen LogP contribution is -2.08. The van der Waals surface area contributed by atoms with Gasteiger partial charge in [0, 0.05) is 17.3 Å². The van der Waals surface area contributed by atoms with Crippen LogP contribution in [0.25, 0.3) is 10.8 Å². The minimum atomic E-state index is -0.182. The molecule has 1 aromatic carbocycles. The number of benzene rings is 1. The van der Waals surface area contributed by atoms with Gasteiger partial charge in [0.05, 0.1) is 13.0 Å². The Morgan fingerprint density at radius 1 is 1.28 bits per heavy atom. The molecular formula is C15H17NO2. The molecule has 0 bridgehead atoms. The summed E-state index contributed by atoms with van der Waals surface area (Å²) in [4.78, 5) is 15.9. The van der Waals surface area contributed by atoms with Crippen molar-refractivity contribution in [1.82, 2.24) is 4.98 Å². The van der Waals surface area contributed by atoms with Gasteiger partial charge in [-0.15, -0.1) is 0 Å². The van der Waals surface area contributed by atoms with E-state index in [1.54, 1.807) is 6.20 Å². The number of esters is 1. The van der Waals surface area contributed by atoms with Gasteiger partial charge in [0.15, 0.2) is 0 Å². The highest BCUT2D eigenvalue weighted by atomic mass is 16.5. The number of rotatable bonds is 3. The molecule has 0 aliphatic rings. The van der Waals surface area contributed by atoms with Gasteiger partial charge in [-0.05, 0) is 43.9 Å². The quantitative estimate of drug-likeness (QED) is 0.778. The van der Waals surface area contributed by atoms with Crippen molar-refractivity contribution in [2.45, 2.75) is 27.2 Å². The second kappa shape index (κ2) is 5.17. The Morgan fingerprint density at radius 3 is 2.78 bits per heavy atom. The van der Waals surface area contributed by atoms with Crippen LogP contribution in [0.15, 0.2) is 24.4 Å². The minimum absolute atomic E-state index is 0.182. The van der Waals surface area contributed by atoms with E-state index in [1.165, 1.54) is 0 Å². The lowest BCUT2D eigenvalue weighted by Gasteiger charge is -2.09. The van der Waals surface area contributed by atoms with E-state index >= 15 is 0 Å². The maximum atomic E-state index is 11.6. The Kier molecular flexibility index (Phi) is 3.60. The third-order valence-corrected chi connectivity index (χ3v) is 2.95. The normalized spacial score (nSPS) is 10.6. The Balaban J connectivity index is 2.49. The highest BCUT2D eigenvalue weighted by Gasteiger charge is 2.10. The molecule has 1 aromatic heterocycles. The van der Waals surface area contributed by atoms with Crippen LogP contribution >= 0.6 is 0 Å². The largest absolute Gasteiger partial charge is 0.466 e. The van der Waals surface area contributed by atoms with Crippen LogP contribution in [0.3, 0.4) is 0 Å². The standard InChI is InChI=1S/C15H17NO2/c1-4-18-15(17)9-12-7-10(2)8-14-11(3)16-6-5-13(12)14/h5-8H,4,9H2,1-3H3. The molecule has 0 fully saturated rings. The first-order valence-corrected chi connectivity index (χ1v) is 6.12. The lowest BCUT2D eigenvalue weighted by atomic mass is 9.99. The molecule has 3 nitrogen and oxygen atoms in total. The molecule has 0 aliphatic heterocycles. The molecular weight excluding hydrogens is 226 g/mol. The van der Waals surface area contributed by atoms with E-state index in [-0.39, 0.29) is 5.97 Å². The fourth-order valence-corrected chi connectivity index (χ4v) is 2.18. The molecule has 1 heterocycles. The smallest absolute Gasteiger partial charge is 0.310 e. The molecule has 0 N–H and O–H groups in total. The summed E-state index contributed by atoms with van der Waals surface area (Å²) in [5.74, 6) is -0.182. The highest BCUT2D eigenvalue weighted by molar-refractivity contribution is 5.90. The van der Waals surface area contributed by atoms with E-state index in [4.69, 9.17) is 4.74 Å². The average Bonchev–Trinajstić information content (AvgIpc) is 2.31. The van der Waals surface area contributed by atoms with Crippen LogP contribution in [0.1, 0.15) is 23.7 Å². The Bertz CT molecular complexity index is 590. The van der Waals surface area contributed by atoms with Gasteiger partial charge < -0.3 is 4.74 Å². The van der Waals surface area contributed by atoms with Crippen molar-refractivity contribution < 1.29 is 9.53 Å². The van der Waals surface area contributed by atoms with Crippen LogP contribution in [0.2, 0.25) is 0 Å². The van der Waals surface area contributed by atoms with Gasteiger partial charge in [-0.3, -0.25) is 9.78 Å². The van der Waals surface area contributed by atoms with E-state index in [2.05, 4.69) is 11.1 Å². The van der Waals surface area contributed by atoms with Gasteiger partial charge in [-0.25, -0.2) is 0 Å². The van der Waals surface area contributed by atoms with E-state index in [0.717, 1.165) is 27.6 Å². The molecule has 18 heavy (non-hydrogen) atoms. The number of aryl methyl sites for hydroxylation is 2. The number of ether oxygens (including phenoxy) is 1. The average molecular weight is 243 g/mol. The fourth-order valence-electron chi connectivity index (χ4n) is 2.18. The van der Waals surface area contributed by atoms with E-state index in [0.29, 0.717) is 13.0 Å². The van der Waals surface area contributed by atoms with E-state index < -0.39 is 0 Å². The molecule has 94 valence electrons. The summed E-state index contributed by atoms with van der Waals surface area (Å²) in [6, 6.07) is 6.10. The molecule has 0 aliphatic carbocycles. The molecule has 0 saturated carbocycles. The summed E-state index contributed by atoms with van der Waals surface area (Å²) in [7, 11) is 0. The highest BCUT2D eigenvalue weighted by Crippen LogP contribution is 2.23. The predicted molar refractivity (Wildman–Crippen MR) is 71.6 cm³/mol. The van der Waals surface area contributed by atoms with Crippen LogP contribution in [0, 0.1) is 13.8 Å². The minimum Gasteiger partial charge on any atom is -0.466 e. The third kappa shape index (κ3) is 2.50. The second-order valence-electron chi connectivity index (χ2n) is 4.40. The number of hydrogen-bond acceptors (Lipinski definition) is 3. The zero-order chi connectivity index (χ0) is 13.1. The van der Waals surface area contributed by atoms with Crippen molar-refractivity contribution in [3.63, 3.8) is 0 Å². The van der Waals surface area contributed by atoms with Gasteiger partial charge >= 0.3 is 5.97 Å². The van der Waals surface area contributed by atoms with E-state index in [9.17, 15) is 4.79 Å². The number of fused-ring (bicyclic) bond motifs is 1. The monoisotopic (exact) mass is 243 g/mol. The molecule has 0 unspecified atom stereocenters. The van der Waals surface area contributed by atoms with Gasteiger partial charge in [-0.1, -0.05) is 11.6 Å². The molecule has 0 spiro atoms. The maximum Gasteiger partial charge on any atom is 0.310 e. The number of nitrogens with zero attached hydrogens (tertiary/aromatic N) is 1. The molecule has 0 amide bonds. The van der Waals surface area contributed by atoms with Crippen molar-refractivity contribution in [3.05, 3.63) is 41.2 Å². The maximum absolute atomic E-state index is 11.6. The van der Waals surface area contributed by atoms with Crippen molar-refractivity contribution in [1.29, 1.82) is 0 Å². The van der Waals surface area contributed by atoms with Crippen LogP contribution in [-0.4, -0.2) is 17.6 Å². The zero-order valence-electron chi connectivity index (χ0n) is 11.0. The lowest BCUT2D eigenvalue weighted by molar-refractivity contribution is -0.142. The van der Waals surface area contributed by atoms with Crippen LogP contribution in [-0.2, 0) is 16.0 Å². The first-order chi connectivity index (χ1) is 8.61. The predicted octanol–water partition coefficient (Wildman–Crippen LogP) is 2.96. The molecule has 3 heteroatoms. The fraction of sp³-hybridized carbons (Fsp3) is 0.333. The summed E-state index contributed by atoms with van der Waals surface area (Å²) in [5, 5.41) is 2.19. The topological polar surface area (TPSA) is 39.2 Å². The molecule has 2 aromatic rings. The Morgan fingerprint density at radius 2 is 2.06 bits per heavy atom. The molecule has 0 saturated heterocycles. The Labute approximate surface area is 107 Å². The second-order valence-corrected chi connectivity index (χ2v) is 4.40. The zero-order valence-corrected chi connectivity index (χ0v) is 11.0. The number of aromatic nitrogens is 1.